The van der Waals surface area contributed by atoms with Crippen LogP contribution < -0.4 is 4.90 Å². The van der Waals surface area contributed by atoms with Gasteiger partial charge in [0.15, 0.2) is 0 Å². The molecule has 2 unspecified atom stereocenters. The number of hydrogen-bond donors (Lipinski definition) is 0. The molecule has 1 aliphatic heterocycles. The molecular formula is C18H19ClFNO2S. The highest BCUT2D eigenvalue weighted by molar-refractivity contribution is 7.82. The quantitative estimate of drug-likeness (QED) is 0.745. The van der Waals surface area contributed by atoms with Crippen molar-refractivity contribution in [1.82, 2.24) is 0 Å². The topological polar surface area (TPSA) is 37.4 Å². The Hall–Kier alpha value is -1.33. The van der Waals surface area contributed by atoms with E-state index in [1.54, 1.807) is 6.07 Å². The summed E-state index contributed by atoms with van der Waals surface area (Å²) in [5.41, 5.74) is 0.158. The second kappa shape index (κ2) is 6.89. The molecule has 1 saturated heterocycles. The predicted molar refractivity (Wildman–Crippen MR) is 96.0 cm³/mol. The zero-order valence-corrected chi connectivity index (χ0v) is 15.0. The molecule has 3 rings (SSSR count). The van der Waals surface area contributed by atoms with E-state index in [-0.39, 0.29) is 27.3 Å². The number of thiocarbonyl (C=S) groups is 1. The number of anilines is 1. The third-order valence-electron chi connectivity index (χ3n) is 5.09. The minimum atomic E-state index is -0.634. The molecular weight excluding hydrogens is 349 g/mol. The van der Waals surface area contributed by atoms with Gasteiger partial charge in [0.2, 0.25) is 0 Å². The van der Waals surface area contributed by atoms with E-state index >= 15 is 0 Å². The smallest absolute Gasteiger partial charge is 0.266 e. The highest BCUT2D eigenvalue weighted by Crippen LogP contribution is 2.41. The number of Topliss-reactive ketones (excluding diaryl/α,β-unsaturated/α-hetero) is 1. The molecule has 2 aliphatic rings. The summed E-state index contributed by atoms with van der Waals surface area (Å²) in [6.07, 6.45) is 5.13. The van der Waals surface area contributed by atoms with Gasteiger partial charge in [-0.25, -0.2) is 4.39 Å². The van der Waals surface area contributed by atoms with Crippen LogP contribution in [-0.4, -0.2) is 22.6 Å². The fourth-order valence-corrected chi connectivity index (χ4v) is 4.58. The third-order valence-corrected chi connectivity index (χ3v) is 5.76. The minimum Gasteiger partial charge on any atom is -0.301 e. The molecule has 3 nitrogen and oxygen atoms in total. The number of hydrogen-bond acceptors (Lipinski definition) is 3. The van der Waals surface area contributed by atoms with Crippen molar-refractivity contribution in [2.45, 2.75) is 45.1 Å². The van der Waals surface area contributed by atoms with E-state index in [2.05, 4.69) is 0 Å². The lowest BCUT2D eigenvalue weighted by Crippen LogP contribution is -2.43. The average Bonchev–Trinajstić information content (AvgIpc) is 2.81. The van der Waals surface area contributed by atoms with Crippen molar-refractivity contribution in [3.05, 3.63) is 29.0 Å². The lowest BCUT2D eigenvalue weighted by atomic mass is 9.78. The normalized spacial score (nSPS) is 25.4. The van der Waals surface area contributed by atoms with Crippen LogP contribution in [-0.2, 0) is 9.59 Å². The first-order valence-corrected chi connectivity index (χ1v) is 9.03. The number of amides is 1. The van der Waals surface area contributed by atoms with Crippen molar-refractivity contribution in [2.24, 2.45) is 11.8 Å². The van der Waals surface area contributed by atoms with E-state index in [1.807, 2.05) is 0 Å². The Morgan fingerprint density at radius 1 is 1.29 bits per heavy atom. The molecule has 0 N–H and O–H groups in total. The van der Waals surface area contributed by atoms with Crippen LogP contribution in [0.1, 0.15) is 39.0 Å². The number of ketones is 1. The van der Waals surface area contributed by atoms with E-state index < -0.39 is 23.7 Å². The van der Waals surface area contributed by atoms with E-state index in [1.165, 1.54) is 24.0 Å². The zero-order valence-electron chi connectivity index (χ0n) is 13.4. The standard InChI is InChI=1S/C18H19ClFNO2S/c1-10(22)15-16(11-5-3-2-4-6-11)21(18(23)17(15)24)14-8-7-12(19)9-13(14)20/h7-9,11,15-16H,2-6H2,1H3. The molecule has 6 heteroatoms. The maximum absolute atomic E-state index is 14.5. The van der Waals surface area contributed by atoms with E-state index in [4.69, 9.17) is 23.8 Å². The summed E-state index contributed by atoms with van der Waals surface area (Å²) >= 11 is 11.1. The summed E-state index contributed by atoms with van der Waals surface area (Å²) < 4.78 is 14.5. The van der Waals surface area contributed by atoms with Crippen molar-refractivity contribution in [1.29, 1.82) is 0 Å². The molecule has 0 spiro atoms. The van der Waals surface area contributed by atoms with Crippen molar-refractivity contribution < 1.29 is 14.0 Å². The highest BCUT2D eigenvalue weighted by atomic mass is 35.5. The monoisotopic (exact) mass is 367 g/mol. The van der Waals surface area contributed by atoms with Gasteiger partial charge in [-0.15, -0.1) is 0 Å². The Labute approximate surface area is 151 Å². The van der Waals surface area contributed by atoms with E-state index in [0.29, 0.717) is 0 Å². The van der Waals surface area contributed by atoms with E-state index in [9.17, 15) is 14.0 Å². The number of nitrogens with zero attached hydrogens (tertiary/aromatic N) is 1. The number of halogens is 2. The van der Waals surface area contributed by atoms with Crippen LogP contribution in [0.3, 0.4) is 0 Å². The summed E-state index contributed by atoms with van der Waals surface area (Å²) in [6.45, 7) is 1.46. The highest BCUT2D eigenvalue weighted by Gasteiger charge is 2.51. The number of carbonyl (C=O) groups excluding carboxylic acids is 2. The third kappa shape index (κ3) is 3.00. The summed E-state index contributed by atoms with van der Waals surface area (Å²) in [7, 11) is 0. The average molecular weight is 368 g/mol. The maximum Gasteiger partial charge on any atom is 0.266 e. The summed E-state index contributed by atoms with van der Waals surface area (Å²) in [5, 5.41) is 0.266. The SMILES string of the molecule is CC(=O)C1C(=S)C(=O)N(c2ccc(Cl)cc2F)C1C1CCCCC1. The summed E-state index contributed by atoms with van der Waals surface area (Å²) in [6, 6.07) is 3.84. The Bertz CT molecular complexity index is 702. The fourth-order valence-electron chi connectivity index (χ4n) is 4.02. The van der Waals surface area contributed by atoms with Crippen LogP contribution in [0.25, 0.3) is 0 Å². The first-order valence-electron chi connectivity index (χ1n) is 8.24. The number of carbonyl (C=O) groups is 2. The Morgan fingerprint density at radius 2 is 1.96 bits per heavy atom. The molecule has 1 aromatic rings. The lowest BCUT2D eigenvalue weighted by Gasteiger charge is -2.36. The number of rotatable bonds is 3. The van der Waals surface area contributed by atoms with Gasteiger partial charge in [0.05, 0.1) is 22.5 Å². The molecule has 24 heavy (non-hydrogen) atoms. The van der Waals surface area contributed by atoms with Gasteiger partial charge in [0, 0.05) is 5.02 Å². The van der Waals surface area contributed by atoms with Gasteiger partial charge in [-0.2, -0.15) is 0 Å². The lowest BCUT2D eigenvalue weighted by molar-refractivity contribution is -0.119. The van der Waals surface area contributed by atoms with Crippen LogP contribution in [0.2, 0.25) is 5.02 Å². The van der Waals surface area contributed by atoms with Gasteiger partial charge in [-0.3, -0.25) is 9.59 Å². The Morgan fingerprint density at radius 3 is 2.54 bits per heavy atom. The van der Waals surface area contributed by atoms with Crippen LogP contribution >= 0.6 is 23.8 Å². The first kappa shape index (κ1) is 17.5. The van der Waals surface area contributed by atoms with Gasteiger partial charge in [-0.05, 0) is 43.9 Å². The molecule has 0 radical (unpaired) electrons. The molecule has 0 bridgehead atoms. The largest absolute Gasteiger partial charge is 0.301 e. The molecule has 1 heterocycles. The molecule has 2 atom stereocenters. The van der Waals surface area contributed by atoms with Crippen LogP contribution in [0.4, 0.5) is 10.1 Å². The van der Waals surface area contributed by atoms with Crippen molar-refractivity contribution in [3.63, 3.8) is 0 Å². The minimum absolute atomic E-state index is 0.104. The molecule has 1 saturated carbocycles. The Kier molecular flexibility index (Phi) is 5.02. The number of benzene rings is 1. The molecule has 0 aromatic heterocycles. The maximum atomic E-state index is 14.5. The summed E-state index contributed by atoms with van der Waals surface area (Å²) in [5.74, 6) is -1.59. The van der Waals surface area contributed by atoms with Crippen molar-refractivity contribution >= 4 is 46.1 Å². The van der Waals surface area contributed by atoms with Gasteiger partial charge >= 0.3 is 0 Å². The van der Waals surface area contributed by atoms with Gasteiger partial charge in [-0.1, -0.05) is 43.1 Å². The van der Waals surface area contributed by atoms with Gasteiger partial charge in [0.1, 0.15) is 11.6 Å². The fraction of sp³-hybridized carbons (Fsp3) is 0.500. The van der Waals surface area contributed by atoms with Crippen molar-refractivity contribution in [3.8, 4) is 0 Å². The summed E-state index contributed by atoms with van der Waals surface area (Å²) in [4.78, 5) is 26.5. The first-order chi connectivity index (χ1) is 11.4. The van der Waals surface area contributed by atoms with E-state index in [0.717, 1.165) is 32.1 Å². The molecule has 1 aliphatic carbocycles. The van der Waals surface area contributed by atoms with Crippen LogP contribution in [0.5, 0.6) is 0 Å². The van der Waals surface area contributed by atoms with Gasteiger partial charge in [0.25, 0.3) is 5.91 Å². The Balaban J connectivity index is 2.07. The molecule has 128 valence electrons. The predicted octanol–water partition coefficient (Wildman–Crippen LogP) is 4.35. The second-order valence-electron chi connectivity index (χ2n) is 6.61. The molecule has 1 amide bonds. The van der Waals surface area contributed by atoms with Crippen molar-refractivity contribution in [2.75, 3.05) is 4.90 Å². The van der Waals surface area contributed by atoms with Gasteiger partial charge < -0.3 is 4.90 Å². The molecule has 2 fully saturated rings. The second-order valence-corrected chi connectivity index (χ2v) is 7.49. The molecule has 1 aromatic carbocycles. The zero-order chi connectivity index (χ0) is 17.4. The van der Waals surface area contributed by atoms with Crippen LogP contribution in [0.15, 0.2) is 18.2 Å². The van der Waals surface area contributed by atoms with Crippen LogP contribution in [0, 0.1) is 17.7 Å².